The number of ether oxygens (including phenoxy) is 1. The number of rotatable bonds is 9. The van der Waals surface area contributed by atoms with Gasteiger partial charge < -0.3 is 15.8 Å². The Morgan fingerprint density at radius 3 is 2.63 bits per heavy atom. The number of allylic oxidation sites excluding steroid dienone is 1. The third-order valence-corrected chi connectivity index (χ3v) is 11.2. The normalized spacial score (nSPS) is 39.3. The van der Waals surface area contributed by atoms with Crippen molar-refractivity contribution in [3.8, 4) is 0 Å². The third-order valence-electron chi connectivity index (χ3n) is 11.2. The molecular formula is C31H54N2O2. The first-order valence-electron chi connectivity index (χ1n) is 15.0. The van der Waals surface area contributed by atoms with Gasteiger partial charge in [-0.3, -0.25) is 0 Å². The maximum atomic E-state index is 12.2. The van der Waals surface area contributed by atoms with Crippen LogP contribution in [0.1, 0.15) is 112 Å². The first-order valence-corrected chi connectivity index (χ1v) is 15.0. The number of alkyl carbamates (subject to hydrolysis) is 1. The molecule has 4 rings (SSSR count). The van der Waals surface area contributed by atoms with Crippen LogP contribution in [0.15, 0.2) is 11.6 Å². The van der Waals surface area contributed by atoms with Crippen molar-refractivity contribution >= 4 is 6.09 Å². The van der Waals surface area contributed by atoms with Crippen LogP contribution in [0.3, 0.4) is 0 Å². The number of nitrogens with one attached hydrogen (secondary N) is 1. The van der Waals surface area contributed by atoms with E-state index in [4.69, 9.17) is 10.5 Å². The fraction of sp³-hybridized carbons (Fsp3) is 0.903. The zero-order valence-electron chi connectivity index (χ0n) is 23.4. The molecule has 0 aliphatic heterocycles. The minimum Gasteiger partial charge on any atom is -0.446 e. The fourth-order valence-electron chi connectivity index (χ4n) is 9.24. The topological polar surface area (TPSA) is 64.3 Å². The van der Waals surface area contributed by atoms with E-state index in [9.17, 15) is 4.79 Å². The molecule has 3 N–H and O–H groups in total. The van der Waals surface area contributed by atoms with Gasteiger partial charge in [0.05, 0.1) is 0 Å². The smallest absolute Gasteiger partial charge is 0.407 e. The molecule has 0 aromatic rings. The molecule has 1 amide bonds. The van der Waals surface area contributed by atoms with Crippen molar-refractivity contribution in [1.82, 2.24) is 5.32 Å². The average molecular weight is 487 g/mol. The fourth-order valence-corrected chi connectivity index (χ4v) is 9.24. The molecular weight excluding hydrogens is 432 g/mol. The van der Waals surface area contributed by atoms with E-state index < -0.39 is 0 Å². The molecule has 0 aromatic heterocycles. The van der Waals surface area contributed by atoms with Gasteiger partial charge in [-0.05, 0) is 104 Å². The van der Waals surface area contributed by atoms with E-state index in [0.29, 0.717) is 23.9 Å². The first-order chi connectivity index (χ1) is 16.7. The summed E-state index contributed by atoms with van der Waals surface area (Å²) >= 11 is 0. The largest absolute Gasteiger partial charge is 0.446 e. The molecule has 0 spiro atoms. The molecule has 0 bridgehead atoms. The highest BCUT2D eigenvalue weighted by Crippen LogP contribution is 2.67. The predicted molar refractivity (Wildman–Crippen MR) is 145 cm³/mol. The van der Waals surface area contributed by atoms with Crippen LogP contribution in [0.4, 0.5) is 4.79 Å². The van der Waals surface area contributed by atoms with E-state index in [1.54, 1.807) is 5.57 Å². The maximum absolute atomic E-state index is 12.2. The summed E-state index contributed by atoms with van der Waals surface area (Å²) in [5.74, 6) is 5.19. The summed E-state index contributed by atoms with van der Waals surface area (Å²) < 4.78 is 5.81. The number of nitrogens with two attached hydrogens (primary N) is 1. The van der Waals surface area contributed by atoms with Gasteiger partial charge in [-0.1, -0.05) is 65.5 Å². The summed E-state index contributed by atoms with van der Waals surface area (Å²) in [6.45, 7) is 13.7. The first kappa shape index (κ1) is 27.0. The highest BCUT2D eigenvalue weighted by molar-refractivity contribution is 5.67. The lowest BCUT2D eigenvalue weighted by atomic mass is 9.47. The van der Waals surface area contributed by atoms with Crippen LogP contribution in [0.5, 0.6) is 0 Å². The Morgan fingerprint density at radius 1 is 1.09 bits per heavy atom. The lowest BCUT2D eigenvalue weighted by Crippen LogP contribution is -2.51. The average Bonchev–Trinajstić information content (AvgIpc) is 3.16. The highest BCUT2D eigenvalue weighted by Gasteiger charge is 2.59. The van der Waals surface area contributed by atoms with Crippen molar-refractivity contribution in [3.05, 3.63) is 11.6 Å². The zero-order chi connectivity index (χ0) is 25.2. The number of hydrogen-bond donors (Lipinski definition) is 2. The third kappa shape index (κ3) is 5.48. The molecule has 4 nitrogen and oxygen atoms in total. The molecule has 0 saturated heterocycles. The van der Waals surface area contributed by atoms with Crippen LogP contribution >= 0.6 is 0 Å². The SMILES string of the molecule is CC(C)CCCC(C)C1CCC2C3CC=C4CC(OC(=O)NCCCN)CCC4(C)C3CCC12C. The molecule has 0 radical (unpaired) electrons. The molecule has 8 unspecified atom stereocenters. The highest BCUT2D eigenvalue weighted by atomic mass is 16.6. The molecule has 0 heterocycles. The second-order valence-corrected chi connectivity index (χ2v) is 13.6. The molecule has 4 aliphatic rings. The van der Waals surface area contributed by atoms with Crippen LogP contribution in [-0.2, 0) is 4.74 Å². The van der Waals surface area contributed by atoms with Crippen LogP contribution in [-0.4, -0.2) is 25.3 Å². The van der Waals surface area contributed by atoms with Crippen LogP contribution in [0.25, 0.3) is 0 Å². The van der Waals surface area contributed by atoms with E-state index in [1.165, 1.54) is 57.8 Å². The van der Waals surface area contributed by atoms with Crippen molar-refractivity contribution < 1.29 is 9.53 Å². The van der Waals surface area contributed by atoms with Gasteiger partial charge in [-0.2, -0.15) is 0 Å². The van der Waals surface area contributed by atoms with E-state index in [1.807, 2.05) is 0 Å². The molecule has 8 atom stereocenters. The maximum Gasteiger partial charge on any atom is 0.407 e. The van der Waals surface area contributed by atoms with Crippen molar-refractivity contribution in [2.24, 2.45) is 52.1 Å². The quantitative estimate of drug-likeness (QED) is 0.262. The Balaban J connectivity index is 1.39. The van der Waals surface area contributed by atoms with E-state index in [0.717, 1.165) is 54.8 Å². The van der Waals surface area contributed by atoms with Crippen molar-refractivity contribution in [1.29, 1.82) is 0 Å². The molecule has 3 saturated carbocycles. The van der Waals surface area contributed by atoms with E-state index in [-0.39, 0.29) is 12.2 Å². The summed E-state index contributed by atoms with van der Waals surface area (Å²) in [5, 5.41) is 2.86. The number of carbonyl (C=O) groups is 1. The van der Waals surface area contributed by atoms with Crippen molar-refractivity contribution in [3.63, 3.8) is 0 Å². The van der Waals surface area contributed by atoms with Gasteiger partial charge >= 0.3 is 6.09 Å². The Bertz CT molecular complexity index is 763. The minimum atomic E-state index is -0.269. The number of fused-ring (bicyclic) bond motifs is 5. The van der Waals surface area contributed by atoms with Crippen LogP contribution < -0.4 is 11.1 Å². The van der Waals surface area contributed by atoms with Gasteiger partial charge in [0.25, 0.3) is 0 Å². The molecule has 4 heteroatoms. The summed E-state index contributed by atoms with van der Waals surface area (Å²) in [4.78, 5) is 12.2. The van der Waals surface area contributed by atoms with Gasteiger partial charge in [0.2, 0.25) is 0 Å². The number of amides is 1. The van der Waals surface area contributed by atoms with E-state index >= 15 is 0 Å². The van der Waals surface area contributed by atoms with Gasteiger partial charge in [0.15, 0.2) is 0 Å². The Morgan fingerprint density at radius 2 is 1.89 bits per heavy atom. The Hall–Kier alpha value is -1.03. The monoisotopic (exact) mass is 486 g/mol. The Labute approximate surface area is 215 Å². The van der Waals surface area contributed by atoms with Gasteiger partial charge in [-0.15, -0.1) is 0 Å². The summed E-state index contributed by atoms with van der Waals surface area (Å²) in [6, 6.07) is 0. The summed E-state index contributed by atoms with van der Waals surface area (Å²) in [5.41, 5.74) is 7.97. The Kier molecular flexibility index (Phi) is 8.61. The predicted octanol–water partition coefficient (Wildman–Crippen LogP) is 7.47. The molecule has 0 aromatic carbocycles. The minimum absolute atomic E-state index is 0.0279. The van der Waals surface area contributed by atoms with Crippen molar-refractivity contribution in [2.75, 3.05) is 13.1 Å². The number of carbonyl (C=O) groups excluding carboxylic acids is 1. The molecule has 35 heavy (non-hydrogen) atoms. The zero-order valence-corrected chi connectivity index (χ0v) is 23.4. The summed E-state index contributed by atoms with van der Waals surface area (Å²) in [7, 11) is 0. The second kappa shape index (κ2) is 11.2. The number of hydrogen-bond acceptors (Lipinski definition) is 3. The van der Waals surface area contributed by atoms with Crippen molar-refractivity contribution in [2.45, 2.75) is 118 Å². The van der Waals surface area contributed by atoms with Crippen LogP contribution in [0.2, 0.25) is 0 Å². The van der Waals surface area contributed by atoms with Crippen LogP contribution in [0, 0.1) is 46.3 Å². The lowest BCUT2D eigenvalue weighted by molar-refractivity contribution is -0.0581. The summed E-state index contributed by atoms with van der Waals surface area (Å²) in [6.07, 6.45) is 17.4. The lowest BCUT2D eigenvalue weighted by Gasteiger charge is -2.58. The standard InChI is InChI=1S/C31H54N2O2/c1-21(2)8-6-9-22(3)26-12-13-27-25-11-10-23-20-24(35-29(34)33-19-7-18-32)14-16-30(23,4)28(25)15-17-31(26,27)5/h10,21-22,24-28H,6-9,11-20,32H2,1-5H3,(H,33,34). The molecule has 200 valence electrons. The second-order valence-electron chi connectivity index (χ2n) is 13.6. The molecule has 4 aliphatic carbocycles. The van der Waals surface area contributed by atoms with Gasteiger partial charge in [0.1, 0.15) is 6.10 Å². The van der Waals surface area contributed by atoms with Gasteiger partial charge in [-0.25, -0.2) is 4.79 Å². The van der Waals surface area contributed by atoms with Gasteiger partial charge in [0, 0.05) is 13.0 Å². The van der Waals surface area contributed by atoms with E-state index in [2.05, 4.69) is 46.0 Å². The molecule has 3 fully saturated rings.